The molecule has 0 unspecified atom stereocenters. The lowest BCUT2D eigenvalue weighted by Gasteiger charge is -2.07. The fraction of sp³-hybridized carbons (Fsp3) is 0. The number of carbonyl (C=O) groups excluding carboxylic acids is 1. The Bertz CT molecular complexity index is 978. The summed E-state index contributed by atoms with van der Waals surface area (Å²) in [5, 5.41) is 31.0. The van der Waals surface area contributed by atoms with Gasteiger partial charge in [-0.1, -0.05) is 6.07 Å². The van der Waals surface area contributed by atoms with Crippen molar-refractivity contribution in [3.05, 3.63) is 58.4 Å². The summed E-state index contributed by atoms with van der Waals surface area (Å²) in [7, 11) is 0. The number of benzene rings is 2. The third-order valence-corrected chi connectivity index (χ3v) is 3.29. The summed E-state index contributed by atoms with van der Waals surface area (Å²) in [6, 6.07) is 8.18. The number of aromatic amines is 1. The highest BCUT2D eigenvalue weighted by Gasteiger charge is 2.16. The fourth-order valence-electron chi connectivity index (χ4n) is 2.27. The molecule has 1 heterocycles. The maximum absolute atomic E-state index is 12.4. The Morgan fingerprint density at radius 3 is 2.57 bits per heavy atom. The Kier molecular flexibility index (Phi) is 3.38. The Labute approximate surface area is 129 Å². The van der Waals surface area contributed by atoms with Gasteiger partial charge in [0, 0.05) is 30.1 Å². The number of rotatable bonds is 2. The number of fused-ring (bicyclic) bond motifs is 1. The quantitative estimate of drug-likeness (QED) is 0.494. The highest BCUT2D eigenvalue weighted by molar-refractivity contribution is 6.06. The van der Waals surface area contributed by atoms with E-state index < -0.39 is 17.1 Å². The number of phenolic OH excluding ortho intramolecular Hbond substituents is 3. The molecule has 0 saturated carbocycles. The highest BCUT2D eigenvalue weighted by Crippen LogP contribution is 2.26. The van der Waals surface area contributed by atoms with Crippen molar-refractivity contribution < 1.29 is 20.1 Å². The first-order valence-electron chi connectivity index (χ1n) is 6.63. The molecule has 3 aromatic rings. The smallest absolute Gasteiger partial charge is 0.261 e. The summed E-state index contributed by atoms with van der Waals surface area (Å²) >= 11 is 0. The fourth-order valence-corrected chi connectivity index (χ4v) is 2.27. The van der Waals surface area contributed by atoms with Crippen molar-refractivity contribution in [3.63, 3.8) is 0 Å². The van der Waals surface area contributed by atoms with Gasteiger partial charge in [-0.25, -0.2) is 0 Å². The molecule has 5 N–H and O–H groups in total. The topological polar surface area (TPSA) is 123 Å². The van der Waals surface area contributed by atoms with Crippen LogP contribution in [0.1, 0.15) is 10.4 Å². The van der Waals surface area contributed by atoms with Gasteiger partial charge in [-0.3, -0.25) is 9.59 Å². The van der Waals surface area contributed by atoms with E-state index in [-0.39, 0.29) is 28.0 Å². The number of hydrogen-bond donors (Lipinski definition) is 5. The molecule has 0 spiro atoms. The van der Waals surface area contributed by atoms with E-state index >= 15 is 0 Å². The predicted molar refractivity (Wildman–Crippen MR) is 84.0 cm³/mol. The van der Waals surface area contributed by atoms with Crippen LogP contribution in [0.25, 0.3) is 10.9 Å². The number of aromatic hydroxyl groups is 3. The van der Waals surface area contributed by atoms with Crippen LogP contribution in [0.3, 0.4) is 0 Å². The Hall–Kier alpha value is -3.48. The monoisotopic (exact) mass is 312 g/mol. The summed E-state index contributed by atoms with van der Waals surface area (Å²) in [6.45, 7) is 0. The number of H-pyrrole nitrogens is 1. The number of nitrogens with one attached hydrogen (secondary N) is 2. The number of anilines is 1. The molecular formula is C16H12N2O5. The molecule has 0 aliphatic rings. The lowest BCUT2D eigenvalue weighted by atomic mass is 10.1. The maximum Gasteiger partial charge on any atom is 0.261 e. The molecule has 1 aromatic heterocycles. The molecule has 0 aliphatic carbocycles. The molecule has 0 radical (unpaired) electrons. The maximum atomic E-state index is 12.4. The molecule has 7 heteroatoms. The molecule has 2 aromatic carbocycles. The number of pyridine rings is 1. The molecule has 116 valence electrons. The predicted octanol–water partition coefficient (Wildman–Crippen LogP) is 1.90. The summed E-state index contributed by atoms with van der Waals surface area (Å²) in [6.07, 6.45) is 1.20. The minimum atomic E-state index is -0.689. The molecule has 0 aliphatic heterocycles. The lowest BCUT2D eigenvalue weighted by Crippen LogP contribution is -2.22. The van der Waals surface area contributed by atoms with Gasteiger partial charge in [0.05, 0.1) is 10.9 Å². The van der Waals surface area contributed by atoms with Crippen LogP contribution >= 0.6 is 0 Å². The van der Waals surface area contributed by atoms with Crippen LogP contribution in [0.15, 0.2) is 47.4 Å². The second-order valence-electron chi connectivity index (χ2n) is 4.92. The summed E-state index contributed by atoms with van der Waals surface area (Å²) in [5.74, 6) is -1.34. The van der Waals surface area contributed by atoms with E-state index in [1.54, 1.807) is 12.1 Å². The van der Waals surface area contributed by atoms with Crippen molar-refractivity contribution >= 4 is 22.5 Å². The first-order valence-corrected chi connectivity index (χ1v) is 6.63. The molecule has 0 fully saturated rings. The first-order chi connectivity index (χ1) is 11.0. The standard InChI is InChI=1S/C16H12N2O5/c19-9-3-1-2-8(4-9)18-16(23)11-7-17-12-5-10(20)6-13(21)14(12)15(11)22/h1-7,19-21H,(H,17,22)(H,18,23). The Balaban J connectivity index is 2.05. The number of amides is 1. The minimum Gasteiger partial charge on any atom is -0.508 e. The summed E-state index contributed by atoms with van der Waals surface area (Å²) < 4.78 is 0. The van der Waals surface area contributed by atoms with Crippen molar-refractivity contribution in [3.8, 4) is 17.2 Å². The zero-order valence-electron chi connectivity index (χ0n) is 11.7. The zero-order chi connectivity index (χ0) is 16.6. The molecule has 0 bridgehead atoms. The normalized spacial score (nSPS) is 10.6. The largest absolute Gasteiger partial charge is 0.508 e. The van der Waals surface area contributed by atoms with E-state index in [4.69, 9.17) is 0 Å². The number of hydrogen-bond acceptors (Lipinski definition) is 5. The van der Waals surface area contributed by atoms with E-state index in [1.807, 2.05) is 0 Å². The first kappa shape index (κ1) is 14.5. The molecule has 23 heavy (non-hydrogen) atoms. The van der Waals surface area contributed by atoms with Crippen molar-refractivity contribution in [2.75, 3.05) is 5.32 Å². The zero-order valence-corrected chi connectivity index (χ0v) is 11.7. The third-order valence-electron chi connectivity index (χ3n) is 3.29. The van der Waals surface area contributed by atoms with Gasteiger partial charge in [0.15, 0.2) is 0 Å². The van der Waals surface area contributed by atoms with Gasteiger partial charge in [-0.05, 0) is 12.1 Å². The Morgan fingerprint density at radius 2 is 1.83 bits per heavy atom. The van der Waals surface area contributed by atoms with E-state index in [2.05, 4.69) is 10.3 Å². The van der Waals surface area contributed by atoms with Gasteiger partial charge in [-0.2, -0.15) is 0 Å². The SMILES string of the molecule is O=C(Nc1cccc(O)c1)c1c[nH]c2cc(O)cc(O)c2c1=O. The van der Waals surface area contributed by atoms with Crippen LogP contribution in [-0.4, -0.2) is 26.2 Å². The lowest BCUT2D eigenvalue weighted by molar-refractivity contribution is 0.102. The number of phenols is 3. The van der Waals surface area contributed by atoms with Crippen LogP contribution in [-0.2, 0) is 0 Å². The molecule has 3 rings (SSSR count). The van der Waals surface area contributed by atoms with Crippen LogP contribution < -0.4 is 10.7 Å². The highest BCUT2D eigenvalue weighted by atomic mass is 16.3. The average molecular weight is 312 g/mol. The molecule has 0 saturated heterocycles. The average Bonchev–Trinajstić information content (AvgIpc) is 2.46. The number of carbonyl (C=O) groups is 1. The van der Waals surface area contributed by atoms with Gasteiger partial charge < -0.3 is 25.6 Å². The molecule has 0 atom stereocenters. The van der Waals surface area contributed by atoms with Crippen molar-refractivity contribution in [1.29, 1.82) is 0 Å². The second kappa shape index (κ2) is 5.38. The Morgan fingerprint density at radius 1 is 1.04 bits per heavy atom. The number of aromatic nitrogens is 1. The minimum absolute atomic E-state index is 0.0247. The van der Waals surface area contributed by atoms with E-state index in [0.717, 1.165) is 6.07 Å². The van der Waals surface area contributed by atoms with Gasteiger partial charge in [0.1, 0.15) is 22.8 Å². The van der Waals surface area contributed by atoms with Crippen LogP contribution in [0.4, 0.5) is 5.69 Å². The second-order valence-corrected chi connectivity index (χ2v) is 4.92. The van der Waals surface area contributed by atoms with Gasteiger partial charge in [0.25, 0.3) is 5.91 Å². The van der Waals surface area contributed by atoms with Gasteiger partial charge in [0.2, 0.25) is 5.43 Å². The molecular weight excluding hydrogens is 300 g/mol. The van der Waals surface area contributed by atoms with Gasteiger partial charge in [-0.15, -0.1) is 0 Å². The molecule has 1 amide bonds. The summed E-state index contributed by atoms with van der Waals surface area (Å²) in [5.41, 5.74) is -0.346. The van der Waals surface area contributed by atoms with E-state index in [1.165, 1.54) is 24.4 Å². The summed E-state index contributed by atoms with van der Waals surface area (Å²) in [4.78, 5) is 27.3. The van der Waals surface area contributed by atoms with E-state index in [9.17, 15) is 24.9 Å². The van der Waals surface area contributed by atoms with E-state index in [0.29, 0.717) is 5.69 Å². The van der Waals surface area contributed by atoms with Crippen molar-refractivity contribution in [2.24, 2.45) is 0 Å². The van der Waals surface area contributed by atoms with Crippen molar-refractivity contribution in [2.45, 2.75) is 0 Å². The van der Waals surface area contributed by atoms with Gasteiger partial charge >= 0.3 is 0 Å². The van der Waals surface area contributed by atoms with Crippen molar-refractivity contribution in [1.82, 2.24) is 4.98 Å². The van der Waals surface area contributed by atoms with Crippen LogP contribution in [0.5, 0.6) is 17.2 Å². The molecule has 7 nitrogen and oxygen atoms in total. The third kappa shape index (κ3) is 2.67. The van der Waals surface area contributed by atoms with Crippen LogP contribution in [0.2, 0.25) is 0 Å². The van der Waals surface area contributed by atoms with Crippen LogP contribution in [0, 0.1) is 0 Å².